The fourth-order valence-corrected chi connectivity index (χ4v) is 2.04. The number of carbonyl (C=O) groups excluding carboxylic acids is 3. The Bertz CT molecular complexity index is 378. The van der Waals surface area contributed by atoms with Gasteiger partial charge in [0.15, 0.2) is 0 Å². The van der Waals surface area contributed by atoms with Crippen LogP contribution >= 0.6 is 0 Å². The van der Waals surface area contributed by atoms with Gasteiger partial charge in [-0.15, -0.1) is 0 Å². The lowest BCUT2D eigenvalue weighted by molar-refractivity contribution is -0.144. The first kappa shape index (κ1) is 22.3. The molecule has 0 saturated carbocycles. The van der Waals surface area contributed by atoms with E-state index < -0.39 is 5.97 Å². The summed E-state index contributed by atoms with van der Waals surface area (Å²) in [6.45, 7) is 4.09. The van der Waals surface area contributed by atoms with E-state index in [2.05, 4.69) is 6.58 Å². The van der Waals surface area contributed by atoms with E-state index in [9.17, 15) is 14.4 Å². The lowest BCUT2D eigenvalue weighted by Gasteiger charge is -2.05. The summed E-state index contributed by atoms with van der Waals surface area (Å²) in [6.07, 6.45) is 7.62. The van der Waals surface area contributed by atoms with E-state index in [4.69, 9.17) is 14.6 Å². The highest BCUT2D eigenvalue weighted by Crippen LogP contribution is 2.06. The molecule has 0 aromatic heterocycles. The number of ether oxygens (including phenoxy) is 2. The van der Waals surface area contributed by atoms with E-state index in [-0.39, 0.29) is 25.0 Å². The van der Waals surface area contributed by atoms with Crippen LogP contribution in [0.3, 0.4) is 0 Å². The fourth-order valence-electron chi connectivity index (χ4n) is 2.04. The molecule has 6 nitrogen and oxygen atoms in total. The third kappa shape index (κ3) is 15.2. The van der Waals surface area contributed by atoms with Gasteiger partial charge in [-0.25, -0.2) is 4.79 Å². The highest BCUT2D eigenvalue weighted by molar-refractivity contribution is 5.81. The second-order valence-electron chi connectivity index (χ2n) is 5.58. The molecule has 0 aliphatic heterocycles. The van der Waals surface area contributed by atoms with Crippen LogP contribution < -0.4 is 0 Å². The van der Waals surface area contributed by atoms with Crippen LogP contribution in [0.4, 0.5) is 0 Å². The van der Waals surface area contributed by atoms with Gasteiger partial charge in [-0.2, -0.15) is 0 Å². The lowest BCUT2D eigenvalue weighted by Crippen LogP contribution is -2.06. The molecule has 0 aliphatic rings. The highest BCUT2D eigenvalue weighted by Gasteiger charge is 2.04. The van der Waals surface area contributed by atoms with Crippen LogP contribution in [0, 0.1) is 0 Å². The van der Waals surface area contributed by atoms with Gasteiger partial charge in [0.2, 0.25) is 0 Å². The molecule has 0 unspecified atom stereocenters. The minimum Gasteiger partial charge on any atom is -0.466 e. The van der Waals surface area contributed by atoms with Crippen molar-refractivity contribution in [1.82, 2.24) is 0 Å². The van der Waals surface area contributed by atoms with Gasteiger partial charge < -0.3 is 14.6 Å². The maximum atomic E-state index is 11.6. The Labute approximate surface area is 144 Å². The largest absolute Gasteiger partial charge is 0.466 e. The SMILES string of the molecule is C=CC(=O)OCCCC(=O)CCCCCOC(=O)CCCCCO. The zero-order chi connectivity index (χ0) is 18.0. The van der Waals surface area contributed by atoms with Gasteiger partial charge in [-0.1, -0.05) is 13.0 Å². The zero-order valence-electron chi connectivity index (χ0n) is 14.5. The highest BCUT2D eigenvalue weighted by atomic mass is 16.5. The molecule has 0 aliphatic carbocycles. The number of carbonyl (C=O) groups is 3. The summed E-state index contributed by atoms with van der Waals surface area (Å²) in [7, 11) is 0. The van der Waals surface area contributed by atoms with Gasteiger partial charge >= 0.3 is 11.9 Å². The second-order valence-corrected chi connectivity index (χ2v) is 5.58. The molecule has 0 aromatic carbocycles. The molecule has 0 heterocycles. The number of ketones is 1. The first-order valence-corrected chi connectivity index (χ1v) is 8.67. The quantitative estimate of drug-likeness (QED) is 0.263. The van der Waals surface area contributed by atoms with E-state index in [0.717, 1.165) is 44.6 Å². The Balaban J connectivity index is 3.36. The van der Waals surface area contributed by atoms with E-state index in [1.54, 1.807) is 0 Å². The van der Waals surface area contributed by atoms with Crippen molar-refractivity contribution >= 4 is 17.7 Å². The van der Waals surface area contributed by atoms with Crippen LogP contribution in [-0.2, 0) is 23.9 Å². The van der Waals surface area contributed by atoms with Crippen molar-refractivity contribution in [2.24, 2.45) is 0 Å². The Morgan fingerprint density at radius 1 is 0.792 bits per heavy atom. The minimum absolute atomic E-state index is 0.158. The number of rotatable bonds is 16. The molecule has 0 bridgehead atoms. The van der Waals surface area contributed by atoms with Crippen LogP contribution in [-0.4, -0.2) is 42.6 Å². The monoisotopic (exact) mass is 342 g/mol. The minimum atomic E-state index is -0.467. The van der Waals surface area contributed by atoms with Crippen LogP contribution in [0.2, 0.25) is 0 Å². The normalized spacial score (nSPS) is 10.2. The maximum Gasteiger partial charge on any atom is 0.330 e. The first-order valence-electron chi connectivity index (χ1n) is 8.67. The van der Waals surface area contributed by atoms with Crippen molar-refractivity contribution in [3.05, 3.63) is 12.7 Å². The van der Waals surface area contributed by atoms with Crippen molar-refractivity contribution < 1.29 is 29.0 Å². The summed E-state index contributed by atoms with van der Waals surface area (Å²) in [6, 6.07) is 0. The van der Waals surface area contributed by atoms with Gasteiger partial charge in [0, 0.05) is 31.9 Å². The molecule has 6 heteroatoms. The summed E-state index contributed by atoms with van der Waals surface area (Å²) in [5.74, 6) is -0.506. The predicted molar refractivity (Wildman–Crippen MR) is 90.4 cm³/mol. The molecule has 0 amide bonds. The van der Waals surface area contributed by atoms with E-state index in [0.29, 0.717) is 32.3 Å². The van der Waals surface area contributed by atoms with Crippen molar-refractivity contribution in [2.45, 2.75) is 64.2 Å². The molecule has 0 fully saturated rings. The molecule has 0 saturated heterocycles. The van der Waals surface area contributed by atoms with Gasteiger partial charge in [-0.05, 0) is 38.5 Å². The predicted octanol–water partition coefficient (Wildman–Crippen LogP) is 2.72. The summed E-state index contributed by atoms with van der Waals surface area (Å²) in [5, 5.41) is 8.62. The zero-order valence-corrected chi connectivity index (χ0v) is 14.5. The van der Waals surface area contributed by atoms with Crippen LogP contribution in [0.15, 0.2) is 12.7 Å². The molecular weight excluding hydrogens is 312 g/mol. The van der Waals surface area contributed by atoms with Gasteiger partial charge in [0.25, 0.3) is 0 Å². The molecule has 0 atom stereocenters. The van der Waals surface area contributed by atoms with Gasteiger partial charge in [0.1, 0.15) is 5.78 Å². The second kappa shape index (κ2) is 16.2. The number of unbranched alkanes of at least 4 members (excludes halogenated alkanes) is 4. The van der Waals surface area contributed by atoms with Crippen molar-refractivity contribution in [3.8, 4) is 0 Å². The van der Waals surface area contributed by atoms with Crippen LogP contribution in [0.5, 0.6) is 0 Å². The van der Waals surface area contributed by atoms with Gasteiger partial charge in [-0.3, -0.25) is 9.59 Å². The molecule has 138 valence electrons. The van der Waals surface area contributed by atoms with E-state index in [1.165, 1.54) is 0 Å². The number of hydrogen-bond acceptors (Lipinski definition) is 6. The Hall–Kier alpha value is -1.69. The third-order valence-corrected chi connectivity index (χ3v) is 3.41. The topological polar surface area (TPSA) is 89.9 Å². The first-order chi connectivity index (χ1) is 11.6. The average Bonchev–Trinajstić information content (AvgIpc) is 2.58. The molecule has 24 heavy (non-hydrogen) atoms. The van der Waals surface area contributed by atoms with Crippen molar-refractivity contribution in [3.63, 3.8) is 0 Å². The maximum absolute atomic E-state index is 11.6. The summed E-state index contributed by atoms with van der Waals surface area (Å²) >= 11 is 0. The average molecular weight is 342 g/mol. The molecule has 1 N–H and O–H groups in total. The van der Waals surface area contributed by atoms with E-state index >= 15 is 0 Å². The Morgan fingerprint density at radius 2 is 1.42 bits per heavy atom. The Kier molecular flexibility index (Phi) is 15.0. The molecular formula is C18H30O6. The summed E-state index contributed by atoms with van der Waals surface area (Å²) in [4.78, 5) is 33.8. The van der Waals surface area contributed by atoms with E-state index in [1.807, 2.05) is 0 Å². The number of aliphatic hydroxyl groups is 1. The number of hydrogen-bond donors (Lipinski definition) is 1. The molecule has 0 spiro atoms. The molecule has 0 rings (SSSR count). The van der Waals surface area contributed by atoms with Crippen LogP contribution in [0.25, 0.3) is 0 Å². The number of esters is 2. The third-order valence-electron chi connectivity index (χ3n) is 3.41. The standard InChI is InChI=1S/C18H30O6/c1-2-17(21)23-15-9-11-16(20)10-5-4-8-14-24-18(22)12-6-3-7-13-19/h2,19H,1,3-15H2. The molecule has 0 aromatic rings. The molecule has 0 radical (unpaired) electrons. The summed E-state index contributed by atoms with van der Waals surface area (Å²) < 4.78 is 9.89. The lowest BCUT2D eigenvalue weighted by atomic mass is 10.1. The van der Waals surface area contributed by atoms with Crippen molar-refractivity contribution in [2.75, 3.05) is 19.8 Å². The van der Waals surface area contributed by atoms with Gasteiger partial charge in [0.05, 0.1) is 13.2 Å². The van der Waals surface area contributed by atoms with Crippen molar-refractivity contribution in [1.29, 1.82) is 0 Å². The Morgan fingerprint density at radius 3 is 2.12 bits per heavy atom. The smallest absolute Gasteiger partial charge is 0.330 e. The fraction of sp³-hybridized carbons (Fsp3) is 0.722. The summed E-state index contributed by atoms with van der Waals surface area (Å²) in [5.41, 5.74) is 0. The number of Topliss-reactive ketones (excluding diaryl/α,β-unsaturated/α-hetero) is 1. The van der Waals surface area contributed by atoms with Crippen LogP contribution in [0.1, 0.15) is 64.2 Å². The number of aliphatic hydroxyl groups excluding tert-OH is 1.